The third-order valence-corrected chi connectivity index (χ3v) is 3.92. The van der Waals surface area contributed by atoms with Gasteiger partial charge in [-0.3, -0.25) is 0 Å². The molecular formula is C14H17ClN6. The first-order valence-corrected chi connectivity index (χ1v) is 7.30. The van der Waals surface area contributed by atoms with Gasteiger partial charge in [0.05, 0.1) is 11.4 Å². The molecule has 0 atom stereocenters. The fourth-order valence-corrected chi connectivity index (χ4v) is 2.63. The lowest BCUT2D eigenvalue weighted by Gasteiger charge is -2.35. The van der Waals surface area contributed by atoms with Crippen molar-refractivity contribution in [2.45, 2.75) is 13.8 Å². The van der Waals surface area contributed by atoms with Gasteiger partial charge >= 0.3 is 0 Å². The molecular weight excluding hydrogens is 288 g/mol. The molecule has 3 heterocycles. The van der Waals surface area contributed by atoms with Gasteiger partial charge in [-0.05, 0) is 19.9 Å². The lowest BCUT2D eigenvalue weighted by atomic mass is 10.3. The first-order valence-electron chi connectivity index (χ1n) is 6.93. The lowest BCUT2D eigenvalue weighted by Crippen LogP contribution is -2.47. The molecule has 1 aliphatic heterocycles. The molecule has 21 heavy (non-hydrogen) atoms. The summed E-state index contributed by atoms with van der Waals surface area (Å²) in [7, 11) is 0. The van der Waals surface area contributed by atoms with Crippen LogP contribution in [0.2, 0.25) is 5.15 Å². The minimum Gasteiger partial charge on any atom is -0.351 e. The second-order valence-corrected chi connectivity index (χ2v) is 5.39. The van der Waals surface area contributed by atoms with E-state index in [9.17, 15) is 0 Å². The normalized spacial score (nSPS) is 15.4. The molecule has 3 rings (SSSR count). The van der Waals surface area contributed by atoms with Crippen LogP contribution >= 0.6 is 11.6 Å². The van der Waals surface area contributed by atoms with Gasteiger partial charge in [-0.2, -0.15) is 0 Å². The summed E-state index contributed by atoms with van der Waals surface area (Å²) in [6.07, 6.45) is 3.53. The standard InChI is InChI=1S/C14H17ClN6/c1-10-11(2)19-13(12(15)18-10)20-6-8-21(9-7-20)14-16-4-3-5-17-14/h3-5H,6-9H2,1-2H3. The highest BCUT2D eigenvalue weighted by atomic mass is 35.5. The Bertz CT molecular complexity index is 625. The second-order valence-electron chi connectivity index (χ2n) is 5.03. The highest BCUT2D eigenvalue weighted by molar-refractivity contribution is 6.31. The topological polar surface area (TPSA) is 58.0 Å². The van der Waals surface area contributed by atoms with Crippen LogP contribution in [0.4, 0.5) is 11.8 Å². The quantitative estimate of drug-likeness (QED) is 0.844. The van der Waals surface area contributed by atoms with E-state index in [0.717, 1.165) is 49.3 Å². The number of aromatic nitrogens is 4. The van der Waals surface area contributed by atoms with Gasteiger partial charge in [0.2, 0.25) is 5.95 Å². The first-order chi connectivity index (χ1) is 10.1. The Hall–Kier alpha value is -1.95. The third-order valence-electron chi connectivity index (χ3n) is 3.66. The van der Waals surface area contributed by atoms with Crippen LogP contribution in [0.3, 0.4) is 0 Å². The minimum atomic E-state index is 0.475. The molecule has 0 unspecified atom stereocenters. The summed E-state index contributed by atoms with van der Waals surface area (Å²) in [6.45, 7) is 7.22. The maximum Gasteiger partial charge on any atom is 0.225 e. The number of hydrogen-bond acceptors (Lipinski definition) is 6. The van der Waals surface area contributed by atoms with E-state index in [1.807, 2.05) is 19.9 Å². The molecule has 0 radical (unpaired) electrons. The molecule has 1 fully saturated rings. The maximum absolute atomic E-state index is 6.23. The summed E-state index contributed by atoms with van der Waals surface area (Å²) >= 11 is 6.23. The summed E-state index contributed by atoms with van der Waals surface area (Å²) in [5, 5.41) is 0.475. The zero-order valence-corrected chi connectivity index (χ0v) is 12.9. The SMILES string of the molecule is Cc1nc(Cl)c(N2CCN(c3ncccn3)CC2)nc1C. The molecule has 0 N–H and O–H groups in total. The van der Waals surface area contributed by atoms with Crippen molar-refractivity contribution >= 4 is 23.4 Å². The third kappa shape index (κ3) is 2.90. The largest absolute Gasteiger partial charge is 0.351 e. The molecule has 2 aromatic rings. The van der Waals surface area contributed by atoms with Crippen molar-refractivity contribution in [1.82, 2.24) is 19.9 Å². The van der Waals surface area contributed by atoms with E-state index in [-0.39, 0.29) is 0 Å². The van der Waals surface area contributed by atoms with Crippen molar-refractivity contribution in [3.63, 3.8) is 0 Å². The molecule has 0 bridgehead atoms. The number of nitrogens with zero attached hydrogens (tertiary/aromatic N) is 6. The Morgan fingerprint density at radius 2 is 1.48 bits per heavy atom. The molecule has 2 aromatic heterocycles. The molecule has 6 nitrogen and oxygen atoms in total. The Kier molecular flexibility index (Phi) is 3.88. The van der Waals surface area contributed by atoms with Gasteiger partial charge < -0.3 is 9.80 Å². The Labute approximate surface area is 128 Å². The van der Waals surface area contributed by atoms with Crippen LogP contribution < -0.4 is 9.80 Å². The van der Waals surface area contributed by atoms with Crippen molar-refractivity contribution in [3.05, 3.63) is 35.0 Å². The average Bonchev–Trinajstić information content (AvgIpc) is 2.52. The van der Waals surface area contributed by atoms with Gasteiger partial charge in [0.25, 0.3) is 0 Å². The van der Waals surface area contributed by atoms with E-state index < -0.39 is 0 Å². The fraction of sp³-hybridized carbons (Fsp3) is 0.429. The highest BCUT2D eigenvalue weighted by Gasteiger charge is 2.22. The van der Waals surface area contributed by atoms with E-state index in [0.29, 0.717) is 5.15 Å². The van der Waals surface area contributed by atoms with E-state index >= 15 is 0 Å². The second kappa shape index (κ2) is 5.81. The first kappa shape index (κ1) is 14.0. The average molecular weight is 305 g/mol. The number of piperazine rings is 1. The summed E-state index contributed by atoms with van der Waals surface area (Å²) in [5.74, 6) is 1.54. The van der Waals surface area contributed by atoms with Crippen molar-refractivity contribution in [2.75, 3.05) is 36.0 Å². The van der Waals surface area contributed by atoms with Crippen LogP contribution in [-0.2, 0) is 0 Å². The number of halogens is 1. The van der Waals surface area contributed by atoms with Crippen molar-refractivity contribution < 1.29 is 0 Å². The molecule has 0 amide bonds. The monoisotopic (exact) mass is 304 g/mol. The molecule has 0 aromatic carbocycles. The van der Waals surface area contributed by atoms with Crippen molar-refractivity contribution in [1.29, 1.82) is 0 Å². The summed E-state index contributed by atoms with van der Waals surface area (Å²) in [5.41, 5.74) is 1.79. The van der Waals surface area contributed by atoms with Crippen LogP contribution in [0.1, 0.15) is 11.4 Å². The zero-order valence-electron chi connectivity index (χ0n) is 12.1. The molecule has 7 heteroatoms. The molecule has 110 valence electrons. The number of rotatable bonds is 2. The highest BCUT2D eigenvalue weighted by Crippen LogP contribution is 2.24. The van der Waals surface area contributed by atoms with Crippen LogP contribution in [0, 0.1) is 13.8 Å². The van der Waals surface area contributed by atoms with Crippen molar-refractivity contribution in [2.24, 2.45) is 0 Å². The van der Waals surface area contributed by atoms with E-state index in [2.05, 4.69) is 29.7 Å². The van der Waals surface area contributed by atoms with Crippen LogP contribution in [-0.4, -0.2) is 46.1 Å². The smallest absolute Gasteiger partial charge is 0.225 e. The summed E-state index contributed by atoms with van der Waals surface area (Å²) in [6, 6.07) is 1.82. The molecule has 1 aliphatic rings. The van der Waals surface area contributed by atoms with Gasteiger partial charge in [0, 0.05) is 38.6 Å². The predicted octanol–water partition coefficient (Wildman–Crippen LogP) is 1.86. The van der Waals surface area contributed by atoms with Crippen LogP contribution in [0.25, 0.3) is 0 Å². The van der Waals surface area contributed by atoms with Gasteiger partial charge in [0.15, 0.2) is 11.0 Å². The van der Waals surface area contributed by atoms with E-state index in [1.165, 1.54) is 0 Å². The summed E-state index contributed by atoms with van der Waals surface area (Å²) in [4.78, 5) is 21.8. The molecule has 0 aliphatic carbocycles. The molecule has 1 saturated heterocycles. The van der Waals surface area contributed by atoms with Crippen LogP contribution in [0.15, 0.2) is 18.5 Å². The Morgan fingerprint density at radius 3 is 2.14 bits per heavy atom. The number of aryl methyl sites for hydroxylation is 2. The zero-order chi connectivity index (χ0) is 14.8. The Morgan fingerprint density at radius 1 is 0.905 bits per heavy atom. The van der Waals surface area contributed by atoms with E-state index in [1.54, 1.807) is 12.4 Å². The maximum atomic E-state index is 6.23. The van der Waals surface area contributed by atoms with Gasteiger partial charge in [-0.1, -0.05) is 11.6 Å². The molecule has 0 spiro atoms. The lowest BCUT2D eigenvalue weighted by molar-refractivity contribution is 0.632. The van der Waals surface area contributed by atoms with Crippen molar-refractivity contribution in [3.8, 4) is 0 Å². The predicted molar refractivity (Wildman–Crippen MR) is 83.0 cm³/mol. The number of anilines is 2. The molecule has 0 saturated carbocycles. The minimum absolute atomic E-state index is 0.475. The fourth-order valence-electron chi connectivity index (χ4n) is 2.34. The van der Waals surface area contributed by atoms with Gasteiger partial charge in [0.1, 0.15) is 0 Å². The van der Waals surface area contributed by atoms with Gasteiger partial charge in [-0.25, -0.2) is 19.9 Å². The van der Waals surface area contributed by atoms with Gasteiger partial charge in [-0.15, -0.1) is 0 Å². The van der Waals surface area contributed by atoms with Crippen LogP contribution in [0.5, 0.6) is 0 Å². The van der Waals surface area contributed by atoms with E-state index in [4.69, 9.17) is 11.6 Å². The summed E-state index contributed by atoms with van der Waals surface area (Å²) < 4.78 is 0. The number of hydrogen-bond donors (Lipinski definition) is 0. The Balaban J connectivity index is 1.73.